The molecule has 0 saturated heterocycles. The van der Waals surface area contributed by atoms with Gasteiger partial charge in [-0.1, -0.05) is 26.7 Å². The third-order valence-corrected chi connectivity index (χ3v) is 3.89. The highest BCUT2D eigenvalue weighted by molar-refractivity contribution is 7.81. The van der Waals surface area contributed by atoms with Gasteiger partial charge in [0, 0.05) is 10.5 Å². The molecule has 3 atom stereocenters. The number of carbonyl (C=O) groups excluding carboxylic acids is 1. The Morgan fingerprint density at radius 2 is 1.68 bits per heavy atom. The molecule has 0 aromatic carbocycles. The molecule has 0 spiro atoms. The molecule has 0 aliphatic carbocycles. The van der Waals surface area contributed by atoms with E-state index < -0.39 is 6.10 Å². The van der Waals surface area contributed by atoms with Gasteiger partial charge >= 0.3 is 5.97 Å². The molecule has 1 N–H and O–H groups in total. The molecule has 0 aromatic heterocycles. The smallest absolute Gasteiger partial charge is 0.308 e. The molecule has 5 heteroatoms. The second-order valence-electron chi connectivity index (χ2n) is 4.99. The second kappa shape index (κ2) is 11.9. The van der Waals surface area contributed by atoms with Crippen LogP contribution < -0.4 is 0 Å². The van der Waals surface area contributed by atoms with Crippen molar-refractivity contribution in [3.05, 3.63) is 0 Å². The first-order chi connectivity index (χ1) is 8.99. The second-order valence-corrected chi connectivity index (χ2v) is 6.45. The van der Waals surface area contributed by atoms with Crippen LogP contribution in [0.1, 0.15) is 58.8 Å². The number of esters is 1. The standard InChI is InChI=1S/C14H28O3S2/c1-3-5-12(18)7-8-17-14(16)10-11(15)9-13(19)6-4-2/h11-13,15,18-19H,3-10H2,1-2H3. The zero-order valence-electron chi connectivity index (χ0n) is 12.0. The van der Waals surface area contributed by atoms with Crippen LogP contribution in [0.15, 0.2) is 0 Å². The Labute approximate surface area is 128 Å². The molecule has 0 aliphatic heterocycles. The quantitative estimate of drug-likeness (QED) is 0.405. The van der Waals surface area contributed by atoms with E-state index in [1.807, 2.05) is 0 Å². The lowest BCUT2D eigenvalue weighted by atomic mass is 10.1. The van der Waals surface area contributed by atoms with E-state index in [9.17, 15) is 9.90 Å². The average molecular weight is 309 g/mol. The number of carbonyl (C=O) groups is 1. The van der Waals surface area contributed by atoms with Crippen LogP contribution in [-0.4, -0.2) is 34.3 Å². The van der Waals surface area contributed by atoms with Crippen LogP contribution in [0.3, 0.4) is 0 Å². The Morgan fingerprint density at radius 1 is 1.11 bits per heavy atom. The first kappa shape index (κ1) is 19.1. The fourth-order valence-corrected chi connectivity index (χ4v) is 2.75. The highest BCUT2D eigenvalue weighted by Crippen LogP contribution is 2.14. The maximum Gasteiger partial charge on any atom is 0.308 e. The van der Waals surface area contributed by atoms with Gasteiger partial charge in [0.15, 0.2) is 0 Å². The van der Waals surface area contributed by atoms with Crippen molar-refractivity contribution in [3.8, 4) is 0 Å². The molecule has 3 unspecified atom stereocenters. The lowest BCUT2D eigenvalue weighted by Crippen LogP contribution is -2.20. The first-order valence-electron chi connectivity index (χ1n) is 7.19. The molecule has 0 aliphatic rings. The summed E-state index contributed by atoms with van der Waals surface area (Å²) in [7, 11) is 0. The molecular formula is C14H28O3S2. The molecule has 0 radical (unpaired) electrons. The molecule has 0 fully saturated rings. The van der Waals surface area contributed by atoms with Crippen LogP contribution >= 0.6 is 25.3 Å². The predicted octanol–water partition coefficient (Wildman–Crippen LogP) is 3.26. The number of thiol groups is 2. The van der Waals surface area contributed by atoms with Crippen LogP contribution in [0, 0.1) is 0 Å². The van der Waals surface area contributed by atoms with Crippen molar-refractivity contribution >= 4 is 31.2 Å². The SMILES string of the molecule is CCCC(S)CCOC(=O)CC(O)CC(S)CCC. The average Bonchev–Trinajstić information content (AvgIpc) is 2.28. The van der Waals surface area contributed by atoms with Crippen LogP contribution in [0.2, 0.25) is 0 Å². The van der Waals surface area contributed by atoms with Gasteiger partial charge < -0.3 is 9.84 Å². The molecular weight excluding hydrogens is 280 g/mol. The molecule has 0 rings (SSSR count). The van der Waals surface area contributed by atoms with E-state index in [-0.39, 0.29) is 22.9 Å². The third kappa shape index (κ3) is 11.6. The van der Waals surface area contributed by atoms with Gasteiger partial charge in [-0.05, 0) is 25.7 Å². The summed E-state index contributed by atoms with van der Waals surface area (Å²) in [6, 6.07) is 0. The summed E-state index contributed by atoms with van der Waals surface area (Å²) in [6.45, 7) is 4.57. The van der Waals surface area contributed by atoms with Gasteiger partial charge in [0.25, 0.3) is 0 Å². The molecule has 0 saturated carbocycles. The summed E-state index contributed by atoms with van der Waals surface area (Å²) in [6.07, 6.45) is 4.82. The maximum absolute atomic E-state index is 11.5. The van der Waals surface area contributed by atoms with E-state index in [1.54, 1.807) is 0 Å². The Balaban J connectivity index is 3.67. The van der Waals surface area contributed by atoms with Crippen molar-refractivity contribution in [3.63, 3.8) is 0 Å². The van der Waals surface area contributed by atoms with Crippen molar-refractivity contribution in [1.29, 1.82) is 0 Å². The Bertz CT molecular complexity index is 237. The Morgan fingerprint density at radius 3 is 2.26 bits per heavy atom. The molecule has 0 bridgehead atoms. The minimum Gasteiger partial charge on any atom is -0.466 e. The number of ether oxygens (including phenoxy) is 1. The Hall–Kier alpha value is 0.130. The van der Waals surface area contributed by atoms with E-state index >= 15 is 0 Å². The largest absolute Gasteiger partial charge is 0.466 e. The molecule has 0 amide bonds. The molecule has 114 valence electrons. The summed E-state index contributed by atoms with van der Waals surface area (Å²) in [5.74, 6) is -0.332. The van der Waals surface area contributed by atoms with Gasteiger partial charge in [0.05, 0.1) is 19.1 Å². The maximum atomic E-state index is 11.5. The minimum absolute atomic E-state index is 0.0613. The topological polar surface area (TPSA) is 46.5 Å². The summed E-state index contributed by atoms with van der Waals surface area (Å²) >= 11 is 8.77. The molecule has 19 heavy (non-hydrogen) atoms. The van der Waals surface area contributed by atoms with Gasteiger partial charge in [0.2, 0.25) is 0 Å². The zero-order valence-corrected chi connectivity index (χ0v) is 13.8. The Kier molecular flexibility index (Phi) is 12.0. The highest BCUT2D eigenvalue weighted by Gasteiger charge is 2.15. The summed E-state index contributed by atoms with van der Waals surface area (Å²) in [5.41, 5.74) is 0. The summed E-state index contributed by atoms with van der Waals surface area (Å²) < 4.78 is 5.10. The van der Waals surface area contributed by atoms with Crippen molar-refractivity contribution < 1.29 is 14.6 Å². The number of hydrogen-bond donors (Lipinski definition) is 3. The van der Waals surface area contributed by atoms with Crippen molar-refractivity contribution in [2.45, 2.75) is 75.4 Å². The van der Waals surface area contributed by atoms with Crippen LogP contribution in [0.25, 0.3) is 0 Å². The van der Waals surface area contributed by atoms with E-state index in [0.717, 1.165) is 32.1 Å². The summed E-state index contributed by atoms with van der Waals surface area (Å²) in [4.78, 5) is 11.5. The van der Waals surface area contributed by atoms with Gasteiger partial charge in [-0.2, -0.15) is 25.3 Å². The molecule has 0 aromatic rings. The number of aliphatic hydroxyl groups is 1. The van der Waals surface area contributed by atoms with E-state index in [0.29, 0.717) is 13.0 Å². The lowest BCUT2D eigenvalue weighted by molar-refractivity contribution is -0.146. The normalized spacial score (nSPS) is 15.8. The van der Waals surface area contributed by atoms with Crippen molar-refractivity contribution in [2.24, 2.45) is 0 Å². The van der Waals surface area contributed by atoms with Crippen LogP contribution in [-0.2, 0) is 9.53 Å². The van der Waals surface area contributed by atoms with E-state index in [1.165, 1.54) is 0 Å². The van der Waals surface area contributed by atoms with Gasteiger partial charge in [-0.3, -0.25) is 4.79 Å². The number of hydrogen-bond acceptors (Lipinski definition) is 5. The van der Waals surface area contributed by atoms with Crippen LogP contribution in [0.5, 0.6) is 0 Å². The number of rotatable bonds is 11. The molecule has 3 nitrogen and oxygen atoms in total. The fourth-order valence-electron chi connectivity index (χ4n) is 1.89. The highest BCUT2D eigenvalue weighted by atomic mass is 32.1. The van der Waals surface area contributed by atoms with Gasteiger partial charge in [0.1, 0.15) is 0 Å². The first-order valence-corrected chi connectivity index (χ1v) is 8.22. The monoisotopic (exact) mass is 308 g/mol. The number of aliphatic hydroxyl groups excluding tert-OH is 1. The van der Waals surface area contributed by atoms with Crippen molar-refractivity contribution in [1.82, 2.24) is 0 Å². The summed E-state index contributed by atoms with van der Waals surface area (Å²) in [5, 5.41) is 10.2. The fraction of sp³-hybridized carbons (Fsp3) is 0.929. The minimum atomic E-state index is -0.649. The predicted molar refractivity (Wildman–Crippen MR) is 86.2 cm³/mol. The lowest BCUT2D eigenvalue weighted by Gasteiger charge is -2.15. The van der Waals surface area contributed by atoms with Gasteiger partial charge in [-0.25, -0.2) is 0 Å². The van der Waals surface area contributed by atoms with E-state index in [2.05, 4.69) is 39.1 Å². The molecule has 0 heterocycles. The zero-order chi connectivity index (χ0) is 14.7. The van der Waals surface area contributed by atoms with Gasteiger partial charge in [-0.15, -0.1) is 0 Å². The van der Waals surface area contributed by atoms with Crippen LogP contribution in [0.4, 0.5) is 0 Å². The van der Waals surface area contributed by atoms with Crippen molar-refractivity contribution in [2.75, 3.05) is 6.61 Å². The third-order valence-electron chi connectivity index (χ3n) is 2.90. The van der Waals surface area contributed by atoms with E-state index in [4.69, 9.17) is 4.74 Å².